The predicted molar refractivity (Wildman–Crippen MR) is 106 cm³/mol. The van der Waals surface area contributed by atoms with Gasteiger partial charge in [-0.3, -0.25) is 0 Å². The zero-order valence-electron chi connectivity index (χ0n) is 15.1. The van der Waals surface area contributed by atoms with Gasteiger partial charge in [0.15, 0.2) is 0 Å². The molecule has 0 aliphatic heterocycles. The molecule has 0 bridgehead atoms. The fraction of sp³-hybridized carbons (Fsp3) is 0.684. The summed E-state index contributed by atoms with van der Waals surface area (Å²) >= 11 is 0. The van der Waals surface area contributed by atoms with Crippen LogP contribution >= 0.6 is 14.5 Å². The van der Waals surface area contributed by atoms with E-state index in [0.717, 1.165) is 5.66 Å². The molecule has 0 heterocycles. The molecule has 0 radical (unpaired) electrons. The Kier molecular flexibility index (Phi) is 7.87. The summed E-state index contributed by atoms with van der Waals surface area (Å²) in [6.45, 7) is 14.6. The van der Waals surface area contributed by atoms with Crippen LogP contribution in [0.3, 0.4) is 0 Å². The molecule has 2 heteroatoms. The van der Waals surface area contributed by atoms with E-state index in [0.29, 0.717) is 0 Å². The standard InChI is InChI=1S/C10H16P.C9H20P/c1-11(2,3)9-10-7-5-4-6-8-10;1-10(2,3)9-7-5-4-6-8-9/h4-8H,9H2,1-3H3;9H,4-8H2,1-3H3/q2*+1. The molecule has 0 nitrogen and oxygen atoms in total. The molecule has 1 fully saturated rings. The molecule has 0 spiro atoms. The van der Waals surface area contributed by atoms with Crippen LogP contribution in [0.2, 0.25) is 0 Å². The number of hydrogen-bond donors (Lipinski definition) is 0. The highest BCUT2D eigenvalue weighted by molar-refractivity contribution is 7.74. The van der Waals surface area contributed by atoms with Crippen LogP contribution < -0.4 is 0 Å². The maximum absolute atomic E-state index is 2.49. The molecule has 0 N–H and O–H groups in total. The topological polar surface area (TPSA) is 0 Å². The summed E-state index contributed by atoms with van der Waals surface area (Å²) in [5.41, 5.74) is 2.59. The third kappa shape index (κ3) is 8.95. The Bertz CT molecular complexity index is 378. The SMILES string of the molecule is C[P+](C)(C)C1CCCCC1.C[P+](C)(C)Cc1ccccc1. The van der Waals surface area contributed by atoms with Crippen molar-refractivity contribution in [2.75, 3.05) is 40.0 Å². The normalized spacial score (nSPS) is 17.0. The van der Waals surface area contributed by atoms with Crippen LogP contribution in [0, 0.1) is 0 Å². The Morgan fingerprint density at radius 3 is 1.71 bits per heavy atom. The minimum atomic E-state index is -0.638. The summed E-state index contributed by atoms with van der Waals surface area (Å²) in [6, 6.07) is 10.7. The fourth-order valence-corrected chi connectivity index (χ4v) is 6.21. The molecular weight excluding hydrogens is 290 g/mol. The highest BCUT2D eigenvalue weighted by atomic mass is 31.2. The first-order valence-electron chi connectivity index (χ1n) is 8.34. The first kappa shape index (κ1) is 19.1. The zero-order chi connectivity index (χ0) is 15.9. The smallest absolute Gasteiger partial charge is 0.0622 e. The van der Waals surface area contributed by atoms with Crippen molar-refractivity contribution in [1.82, 2.24) is 0 Å². The lowest BCUT2D eigenvalue weighted by Gasteiger charge is -2.27. The Labute approximate surface area is 134 Å². The second-order valence-corrected chi connectivity index (χ2v) is 18.2. The summed E-state index contributed by atoms with van der Waals surface area (Å²) in [4.78, 5) is 0. The number of rotatable bonds is 3. The average molecular weight is 326 g/mol. The van der Waals surface area contributed by atoms with Crippen LogP contribution in [0.5, 0.6) is 0 Å². The van der Waals surface area contributed by atoms with Gasteiger partial charge in [0.2, 0.25) is 0 Å². The van der Waals surface area contributed by atoms with E-state index in [-0.39, 0.29) is 0 Å². The van der Waals surface area contributed by atoms with E-state index < -0.39 is 14.5 Å². The summed E-state index contributed by atoms with van der Waals surface area (Å²) in [6.07, 6.45) is 8.82. The third-order valence-corrected chi connectivity index (χ3v) is 8.19. The van der Waals surface area contributed by atoms with Crippen molar-refractivity contribution in [1.29, 1.82) is 0 Å². The Balaban J connectivity index is 0.000000211. The lowest BCUT2D eigenvalue weighted by molar-refractivity contribution is 0.509. The van der Waals surface area contributed by atoms with Crippen LogP contribution in [-0.4, -0.2) is 45.6 Å². The second kappa shape index (κ2) is 8.64. The van der Waals surface area contributed by atoms with Gasteiger partial charge in [0.05, 0.1) is 11.8 Å². The molecule has 1 aromatic rings. The molecule has 0 atom stereocenters. The van der Waals surface area contributed by atoms with E-state index >= 15 is 0 Å². The van der Waals surface area contributed by atoms with Crippen LogP contribution in [0.25, 0.3) is 0 Å². The molecule has 21 heavy (non-hydrogen) atoms. The Hall–Kier alpha value is 0.0800. The molecule has 0 saturated heterocycles. The first-order chi connectivity index (χ1) is 9.68. The van der Waals surface area contributed by atoms with E-state index in [1.165, 1.54) is 43.8 Å². The molecule has 2 rings (SSSR count). The van der Waals surface area contributed by atoms with E-state index in [2.05, 4.69) is 70.3 Å². The fourth-order valence-electron chi connectivity index (χ4n) is 2.99. The molecular formula is C19H36P2+2. The predicted octanol–water partition coefficient (Wildman–Crippen LogP) is 6.32. The largest absolute Gasteiger partial charge is 0.0834 e. The summed E-state index contributed by atoms with van der Waals surface area (Å²) in [5.74, 6) is 0. The van der Waals surface area contributed by atoms with Gasteiger partial charge in [0.25, 0.3) is 0 Å². The minimum Gasteiger partial charge on any atom is -0.0622 e. The first-order valence-corrected chi connectivity index (χ1v) is 14.9. The molecule has 120 valence electrons. The van der Waals surface area contributed by atoms with Crippen LogP contribution in [0.15, 0.2) is 30.3 Å². The lowest BCUT2D eigenvalue weighted by atomic mass is 10.0. The van der Waals surface area contributed by atoms with Crippen molar-refractivity contribution in [2.45, 2.75) is 43.9 Å². The highest BCUT2D eigenvalue weighted by Gasteiger charge is 2.31. The number of hydrogen-bond acceptors (Lipinski definition) is 0. The van der Waals surface area contributed by atoms with Crippen molar-refractivity contribution < 1.29 is 0 Å². The molecule has 1 aliphatic carbocycles. The van der Waals surface area contributed by atoms with Gasteiger partial charge in [0.1, 0.15) is 0 Å². The summed E-state index contributed by atoms with van der Waals surface area (Å²) < 4.78 is 0. The molecule has 0 amide bonds. The maximum atomic E-state index is 2.49. The molecule has 0 aromatic heterocycles. The van der Waals surface area contributed by atoms with Crippen LogP contribution in [-0.2, 0) is 6.16 Å². The lowest BCUT2D eigenvalue weighted by Crippen LogP contribution is -2.15. The molecule has 0 unspecified atom stereocenters. The van der Waals surface area contributed by atoms with Gasteiger partial charge < -0.3 is 0 Å². The van der Waals surface area contributed by atoms with Crippen LogP contribution in [0.4, 0.5) is 0 Å². The molecule has 1 saturated carbocycles. The third-order valence-electron chi connectivity index (χ3n) is 4.17. The maximum Gasteiger partial charge on any atom is 0.0834 e. The van der Waals surface area contributed by atoms with Gasteiger partial charge in [-0.1, -0.05) is 36.8 Å². The summed E-state index contributed by atoms with van der Waals surface area (Å²) in [7, 11) is -1.13. The Morgan fingerprint density at radius 2 is 1.33 bits per heavy atom. The number of benzene rings is 1. The van der Waals surface area contributed by atoms with Crippen molar-refractivity contribution in [3.63, 3.8) is 0 Å². The van der Waals surface area contributed by atoms with E-state index in [1.807, 2.05) is 0 Å². The molecule has 1 aromatic carbocycles. The monoisotopic (exact) mass is 326 g/mol. The van der Waals surface area contributed by atoms with Crippen molar-refractivity contribution in [3.05, 3.63) is 35.9 Å². The van der Waals surface area contributed by atoms with Gasteiger partial charge in [-0.15, -0.1) is 0 Å². The van der Waals surface area contributed by atoms with E-state index in [4.69, 9.17) is 0 Å². The van der Waals surface area contributed by atoms with Crippen molar-refractivity contribution >= 4 is 14.5 Å². The highest BCUT2D eigenvalue weighted by Crippen LogP contribution is 2.56. The zero-order valence-corrected chi connectivity index (χ0v) is 16.9. The van der Waals surface area contributed by atoms with Gasteiger partial charge >= 0.3 is 0 Å². The van der Waals surface area contributed by atoms with Crippen molar-refractivity contribution in [2.24, 2.45) is 0 Å². The minimum absolute atomic E-state index is 0.491. The average Bonchev–Trinajstić information content (AvgIpc) is 2.39. The van der Waals surface area contributed by atoms with Gasteiger partial charge in [-0.2, -0.15) is 0 Å². The summed E-state index contributed by atoms with van der Waals surface area (Å²) in [5, 5.41) is 0. The molecule has 1 aliphatic rings. The van der Waals surface area contributed by atoms with Crippen molar-refractivity contribution in [3.8, 4) is 0 Å². The van der Waals surface area contributed by atoms with E-state index in [1.54, 1.807) is 0 Å². The quantitative estimate of drug-likeness (QED) is 0.570. The van der Waals surface area contributed by atoms with Crippen LogP contribution in [0.1, 0.15) is 37.7 Å². The van der Waals surface area contributed by atoms with Gasteiger partial charge in [-0.05, 0) is 31.2 Å². The Morgan fingerprint density at radius 1 is 0.810 bits per heavy atom. The second-order valence-electron chi connectivity index (χ2n) is 8.34. The van der Waals surface area contributed by atoms with E-state index in [9.17, 15) is 0 Å². The van der Waals surface area contributed by atoms with Gasteiger partial charge in [0, 0.05) is 54.5 Å². The van der Waals surface area contributed by atoms with Gasteiger partial charge in [-0.25, -0.2) is 0 Å².